The van der Waals surface area contributed by atoms with Crippen molar-refractivity contribution in [2.24, 2.45) is 5.92 Å². The van der Waals surface area contributed by atoms with Gasteiger partial charge in [-0.05, 0) is 48.0 Å². The first-order chi connectivity index (χ1) is 13.8. The van der Waals surface area contributed by atoms with Gasteiger partial charge in [0, 0.05) is 5.56 Å². The zero-order chi connectivity index (χ0) is 21.1. The Kier molecular flexibility index (Phi) is 6.40. The molecule has 0 spiro atoms. The molecular formula is C22H26BNO5. The van der Waals surface area contributed by atoms with Gasteiger partial charge in [0.15, 0.2) is 0 Å². The van der Waals surface area contributed by atoms with Gasteiger partial charge in [-0.1, -0.05) is 49.7 Å². The second-order valence-electron chi connectivity index (χ2n) is 7.77. The number of hydrogen-bond acceptors (Lipinski definition) is 5. The Labute approximate surface area is 171 Å². The molecule has 0 radical (unpaired) electrons. The number of esters is 1. The number of rotatable bonds is 6. The molecule has 29 heavy (non-hydrogen) atoms. The summed E-state index contributed by atoms with van der Waals surface area (Å²) in [4.78, 5) is 25.5. The Hall–Kier alpha value is -2.64. The quantitative estimate of drug-likeness (QED) is 0.578. The summed E-state index contributed by atoms with van der Waals surface area (Å²) in [5.74, 6) is -1.000. The first-order valence-electron chi connectivity index (χ1n) is 9.73. The van der Waals surface area contributed by atoms with E-state index in [0.29, 0.717) is 23.2 Å². The molecule has 1 aliphatic rings. The summed E-state index contributed by atoms with van der Waals surface area (Å²) < 4.78 is 10.7. The summed E-state index contributed by atoms with van der Waals surface area (Å²) in [5, 5.41) is 12.8. The van der Waals surface area contributed by atoms with Gasteiger partial charge < -0.3 is 19.7 Å². The Morgan fingerprint density at radius 3 is 2.69 bits per heavy atom. The molecule has 2 aromatic rings. The van der Waals surface area contributed by atoms with E-state index in [-0.39, 0.29) is 18.4 Å². The molecule has 0 saturated heterocycles. The van der Waals surface area contributed by atoms with Crippen molar-refractivity contribution in [1.82, 2.24) is 5.32 Å². The molecule has 1 amide bonds. The minimum atomic E-state index is -1.03. The zero-order valence-electron chi connectivity index (χ0n) is 17.2. The third-order valence-corrected chi connectivity index (χ3v) is 5.16. The van der Waals surface area contributed by atoms with Crippen LogP contribution in [0.15, 0.2) is 36.4 Å². The monoisotopic (exact) mass is 395 g/mol. The first kappa shape index (κ1) is 21.1. The molecule has 152 valence electrons. The highest BCUT2D eigenvalue weighted by atomic mass is 16.5. The maximum absolute atomic E-state index is 12.9. The van der Waals surface area contributed by atoms with Gasteiger partial charge in [0.1, 0.15) is 12.6 Å². The van der Waals surface area contributed by atoms with Crippen LogP contribution >= 0.6 is 0 Å². The van der Waals surface area contributed by atoms with Gasteiger partial charge in [0.05, 0.1) is 6.61 Å². The fourth-order valence-corrected chi connectivity index (χ4v) is 3.52. The molecule has 0 aromatic heterocycles. The highest BCUT2D eigenvalue weighted by Crippen LogP contribution is 2.17. The third kappa shape index (κ3) is 4.69. The van der Waals surface area contributed by atoms with Crippen LogP contribution in [0.4, 0.5) is 0 Å². The van der Waals surface area contributed by atoms with Gasteiger partial charge in [0.25, 0.3) is 5.91 Å². The van der Waals surface area contributed by atoms with Crippen LogP contribution < -0.4 is 10.8 Å². The van der Waals surface area contributed by atoms with Gasteiger partial charge >= 0.3 is 13.1 Å². The highest BCUT2D eigenvalue weighted by Gasteiger charge is 2.32. The molecule has 0 bridgehead atoms. The Morgan fingerprint density at radius 1 is 1.24 bits per heavy atom. The minimum Gasteiger partial charge on any atom is -0.459 e. The number of aryl methyl sites for hydroxylation is 1. The SMILES string of the molecule is Cc1cccc(COC(=O)[C@@H](NC(=O)c2ccc3c(c2C)B(O)OC3)C(C)C)c1. The molecule has 6 nitrogen and oxygen atoms in total. The zero-order valence-corrected chi connectivity index (χ0v) is 17.2. The number of benzene rings is 2. The Morgan fingerprint density at radius 2 is 2.00 bits per heavy atom. The van der Waals surface area contributed by atoms with Gasteiger partial charge in [-0.2, -0.15) is 0 Å². The van der Waals surface area contributed by atoms with Gasteiger partial charge in [-0.25, -0.2) is 4.79 Å². The lowest BCUT2D eigenvalue weighted by Gasteiger charge is -2.22. The number of nitrogens with one attached hydrogen (secondary N) is 1. The lowest BCUT2D eigenvalue weighted by Crippen LogP contribution is -2.46. The molecule has 1 heterocycles. The molecule has 0 unspecified atom stereocenters. The largest absolute Gasteiger partial charge is 0.492 e. The number of hydrogen-bond donors (Lipinski definition) is 2. The van der Waals surface area contributed by atoms with Crippen LogP contribution in [0.25, 0.3) is 0 Å². The predicted octanol–water partition coefficient (Wildman–Crippen LogP) is 2.02. The van der Waals surface area contributed by atoms with Crippen LogP contribution in [-0.2, 0) is 27.4 Å². The lowest BCUT2D eigenvalue weighted by molar-refractivity contribution is -0.148. The van der Waals surface area contributed by atoms with Crippen molar-refractivity contribution in [3.8, 4) is 0 Å². The molecule has 2 N–H and O–H groups in total. The van der Waals surface area contributed by atoms with Crippen LogP contribution in [0, 0.1) is 19.8 Å². The van der Waals surface area contributed by atoms with E-state index in [2.05, 4.69) is 5.32 Å². The predicted molar refractivity (Wildman–Crippen MR) is 111 cm³/mol. The highest BCUT2D eigenvalue weighted by molar-refractivity contribution is 6.62. The summed E-state index contributed by atoms with van der Waals surface area (Å²) in [7, 11) is -1.03. The van der Waals surface area contributed by atoms with Crippen molar-refractivity contribution in [1.29, 1.82) is 0 Å². The normalized spacial score (nSPS) is 13.9. The summed E-state index contributed by atoms with van der Waals surface area (Å²) in [5.41, 5.74) is 4.54. The van der Waals surface area contributed by atoms with E-state index < -0.39 is 19.1 Å². The Balaban J connectivity index is 1.71. The van der Waals surface area contributed by atoms with E-state index in [9.17, 15) is 14.6 Å². The van der Waals surface area contributed by atoms with E-state index in [1.54, 1.807) is 19.1 Å². The maximum Gasteiger partial charge on any atom is 0.492 e. The topological polar surface area (TPSA) is 84.9 Å². The summed E-state index contributed by atoms with van der Waals surface area (Å²) >= 11 is 0. The Bertz CT molecular complexity index is 927. The number of ether oxygens (including phenoxy) is 1. The van der Waals surface area contributed by atoms with E-state index in [1.165, 1.54) is 0 Å². The van der Waals surface area contributed by atoms with Crippen molar-refractivity contribution in [3.63, 3.8) is 0 Å². The van der Waals surface area contributed by atoms with Crippen molar-refractivity contribution in [2.45, 2.75) is 47.0 Å². The second-order valence-corrected chi connectivity index (χ2v) is 7.77. The number of amides is 1. The van der Waals surface area contributed by atoms with Gasteiger partial charge in [-0.15, -0.1) is 0 Å². The molecule has 2 aromatic carbocycles. The van der Waals surface area contributed by atoms with Crippen molar-refractivity contribution in [3.05, 3.63) is 64.2 Å². The molecule has 1 atom stereocenters. The van der Waals surface area contributed by atoms with Crippen molar-refractivity contribution in [2.75, 3.05) is 0 Å². The first-order valence-corrected chi connectivity index (χ1v) is 9.73. The lowest BCUT2D eigenvalue weighted by atomic mass is 9.75. The van der Waals surface area contributed by atoms with Crippen LogP contribution in [-0.4, -0.2) is 30.1 Å². The molecule has 1 aliphatic heterocycles. The number of fused-ring (bicyclic) bond motifs is 1. The fourth-order valence-electron chi connectivity index (χ4n) is 3.52. The standard InChI is InChI=1S/C22H26BNO5/c1-13(2)20(22(26)28-11-16-7-5-6-14(3)10-16)24-21(25)18-9-8-17-12-29-23(27)19(17)15(18)4/h5-10,13,20,27H,11-12H2,1-4H3,(H,24,25)/t20-/m0/s1. The van der Waals surface area contributed by atoms with E-state index in [4.69, 9.17) is 9.39 Å². The average Bonchev–Trinajstić information content (AvgIpc) is 3.06. The number of carbonyl (C=O) groups is 2. The second kappa shape index (κ2) is 8.80. The molecule has 3 rings (SSSR count). The van der Waals surface area contributed by atoms with E-state index >= 15 is 0 Å². The fraction of sp³-hybridized carbons (Fsp3) is 0.364. The molecular weight excluding hydrogens is 369 g/mol. The summed E-state index contributed by atoms with van der Waals surface area (Å²) in [6, 6.07) is 10.4. The van der Waals surface area contributed by atoms with Crippen LogP contribution in [0.3, 0.4) is 0 Å². The molecule has 7 heteroatoms. The van der Waals surface area contributed by atoms with Gasteiger partial charge in [-0.3, -0.25) is 4.79 Å². The average molecular weight is 395 g/mol. The maximum atomic E-state index is 12.9. The van der Waals surface area contributed by atoms with Gasteiger partial charge in [0.2, 0.25) is 0 Å². The summed E-state index contributed by atoms with van der Waals surface area (Å²) in [6.07, 6.45) is 0. The molecule has 0 fully saturated rings. The smallest absolute Gasteiger partial charge is 0.459 e. The third-order valence-electron chi connectivity index (χ3n) is 5.16. The minimum absolute atomic E-state index is 0.146. The van der Waals surface area contributed by atoms with Crippen molar-refractivity contribution >= 4 is 24.5 Å². The van der Waals surface area contributed by atoms with Crippen molar-refractivity contribution < 1.29 is 24.0 Å². The molecule has 0 saturated carbocycles. The van der Waals surface area contributed by atoms with E-state index in [0.717, 1.165) is 16.7 Å². The van der Waals surface area contributed by atoms with Crippen LogP contribution in [0.1, 0.15) is 46.5 Å². The summed E-state index contributed by atoms with van der Waals surface area (Å²) in [6.45, 7) is 7.92. The van der Waals surface area contributed by atoms with E-state index in [1.807, 2.05) is 45.0 Å². The number of carbonyl (C=O) groups excluding carboxylic acids is 2. The molecule has 0 aliphatic carbocycles. The van der Waals surface area contributed by atoms with Crippen LogP contribution in [0.5, 0.6) is 0 Å². The van der Waals surface area contributed by atoms with Crippen LogP contribution in [0.2, 0.25) is 0 Å².